The first-order valence-electron chi connectivity index (χ1n) is 6.86. The summed E-state index contributed by atoms with van der Waals surface area (Å²) in [5.74, 6) is 1.76. The molecule has 1 N–H and O–H groups in total. The van der Waals surface area contributed by atoms with Crippen LogP contribution in [0.2, 0.25) is 0 Å². The SMILES string of the molecule is Cc1cc(C(=O)Nc2ccc(OCc3nnc(C)o3)cc2)no1. The van der Waals surface area contributed by atoms with Gasteiger partial charge in [0.15, 0.2) is 12.3 Å². The molecule has 1 amide bonds. The van der Waals surface area contributed by atoms with Gasteiger partial charge in [0.1, 0.15) is 11.5 Å². The highest BCUT2D eigenvalue weighted by Gasteiger charge is 2.11. The van der Waals surface area contributed by atoms with E-state index in [0.29, 0.717) is 29.0 Å². The molecule has 3 rings (SSSR count). The molecule has 0 unspecified atom stereocenters. The zero-order valence-corrected chi connectivity index (χ0v) is 12.6. The molecule has 0 saturated heterocycles. The number of nitrogens with zero attached hydrogens (tertiary/aromatic N) is 3. The molecule has 0 aliphatic rings. The normalized spacial score (nSPS) is 10.5. The van der Waals surface area contributed by atoms with Crippen LogP contribution in [0.5, 0.6) is 5.75 Å². The fourth-order valence-electron chi connectivity index (χ4n) is 1.84. The van der Waals surface area contributed by atoms with E-state index in [-0.39, 0.29) is 18.2 Å². The van der Waals surface area contributed by atoms with Crippen LogP contribution in [-0.2, 0) is 6.61 Å². The number of hydrogen-bond donors (Lipinski definition) is 1. The molecule has 0 fully saturated rings. The second-order valence-corrected chi connectivity index (χ2v) is 4.80. The molecule has 0 aliphatic heterocycles. The summed E-state index contributed by atoms with van der Waals surface area (Å²) in [5.41, 5.74) is 0.853. The van der Waals surface area contributed by atoms with Crippen LogP contribution in [0.3, 0.4) is 0 Å². The topological polar surface area (TPSA) is 103 Å². The quantitative estimate of drug-likeness (QED) is 0.771. The van der Waals surface area contributed by atoms with E-state index in [9.17, 15) is 4.79 Å². The van der Waals surface area contributed by atoms with Crippen molar-refractivity contribution in [1.29, 1.82) is 0 Å². The Labute approximate surface area is 131 Å². The van der Waals surface area contributed by atoms with Gasteiger partial charge < -0.3 is 19.0 Å². The molecule has 8 nitrogen and oxygen atoms in total. The van der Waals surface area contributed by atoms with Gasteiger partial charge in [-0.3, -0.25) is 4.79 Å². The highest BCUT2D eigenvalue weighted by atomic mass is 16.5. The molecule has 0 saturated carbocycles. The van der Waals surface area contributed by atoms with Crippen molar-refractivity contribution >= 4 is 11.6 Å². The molecule has 118 valence electrons. The first-order chi connectivity index (χ1) is 11.1. The van der Waals surface area contributed by atoms with E-state index in [4.69, 9.17) is 13.7 Å². The van der Waals surface area contributed by atoms with Crippen molar-refractivity contribution in [2.45, 2.75) is 20.5 Å². The van der Waals surface area contributed by atoms with Crippen LogP contribution in [0.25, 0.3) is 0 Å². The van der Waals surface area contributed by atoms with E-state index >= 15 is 0 Å². The van der Waals surface area contributed by atoms with Gasteiger partial charge in [0.25, 0.3) is 11.8 Å². The fourth-order valence-corrected chi connectivity index (χ4v) is 1.84. The predicted molar refractivity (Wildman–Crippen MR) is 79.0 cm³/mol. The van der Waals surface area contributed by atoms with E-state index in [0.717, 1.165) is 0 Å². The van der Waals surface area contributed by atoms with Crippen molar-refractivity contribution in [3.63, 3.8) is 0 Å². The molecule has 0 spiro atoms. The number of nitrogens with one attached hydrogen (secondary N) is 1. The van der Waals surface area contributed by atoms with Gasteiger partial charge in [-0.2, -0.15) is 0 Å². The van der Waals surface area contributed by atoms with E-state index < -0.39 is 0 Å². The number of carbonyl (C=O) groups excluding carboxylic acids is 1. The van der Waals surface area contributed by atoms with E-state index in [1.807, 2.05) is 0 Å². The van der Waals surface area contributed by atoms with E-state index in [1.54, 1.807) is 44.2 Å². The molecular formula is C15H14N4O4. The minimum absolute atomic E-state index is 0.185. The number of anilines is 1. The average Bonchev–Trinajstić information content (AvgIpc) is 3.15. The summed E-state index contributed by atoms with van der Waals surface area (Å²) in [5, 5.41) is 13.9. The zero-order chi connectivity index (χ0) is 16.2. The standard InChI is InChI=1S/C15H14N4O4/c1-9-7-13(19-23-9)15(20)16-11-3-5-12(6-4-11)21-8-14-18-17-10(2)22-14/h3-7H,8H2,1-2H3,(H,16,20). The molecule has 0 aliphatic carbocycles. The van der Waals surface area contributed by atoms with Gasteiger partial charge in [-0.05, 0) is 31.2 Å². The lowest BCUT2D eigenvalue weighted by Crippen LogP contribution is -2.12. The van der Waals surface area contributed by atoms with Crippen LogP contribution >= 0.6 is 0 Å². The summed E-state index contributed by atoms with van der Waals surface area (Å²) in [4.78, 5) is 11.9. The highest BCUT2D eigenvalue weighted by Crippen LogP contribution is 2.17. The lowest BCUT2D eigenvalue weighted by atomic mass is 10.3. The number of carbonyl (C=O) groups is 1. The monoisotopic (exact) mass is 314 g/mol. The van der Waals surface area contributed by atoms with Gasteiger partial charge in [-0.1, -0.05) is 5.16 Å². The minimum Gasteiger partial charge on any atom is -0.484 e. The molecule has 2 heterocycles. The average molecular weight is 314 g/mol. The van der Waals surface area contributed by atoms with Crippen molar-refractivity contribution < 1.29 is 18.5 Å². The number of amides is 1. The number of hydrogen-bond acceptors (Lipinski definition) is 7. The second kappa shape index (κ2) is 6.30. The van der Waals surface area contributed by atoms with Crippen molar-refractivity contribution in [1.82, 2.24) is 15.4 Å². The zero-order valence-electron chi connectivity index (χ0n) is 12.6. The van der Waals surface area contributed by atoms with Crippen LogP contribution in [0, 0.1) is 13.8 Å². The highest BCUT2D eigenvalue weighted by molar-refractivity contribution is 6.02. The minimum atomic E-state index is -0.336. The van der Waals surface area contributed by atoms with Crippen LogP contribution < -0.4 is 10.1 Å². The Morgan fingerprint density at radius 1 is 1.22 bits per heavy atom. The van der Waals surface area contributed by atoms with Crippen LogP contribution in [0.4, 0.5) is 5.69 Å². The Morgan fingerprint density at radius 3 is 2.61 bits per heavy atom. The van der Waals surface area contributed by atoms with Crippen molar-refractivity contribution in [2.24, 2.45) is 0 Å². The molecule has 1 aromatic carbocycles. The van der Waals surface area contributed by atoms with Gasteiger partial charge in [-0.15, -0.1) is 10.2 Å². The maximum absolute atomic E-state index is 11.9. The third-order valence-electron chi connectivity index (χ3n) is 2.90. The van der Waals surface area contributed by atoms with E-state index in [2.05, 4.69) is 20.7 Å². The van der Waals surface area contributed by atoms with E-state index in [1.165, 1.54) is 0 Å². The van der Waals surface area contributed by atoms with Gasteiger partial charge in [0.2, 0.25) is 5.89 Å². The van der Waals surface area contributed by atoms with Gasteiger partial charge in [-0.25, -0.2) is 0 Å². The van der Waals surface area contributed by atoms with Crippen molar-refractivity contribution in [3.8, 4) is 5.75 Å². The maximum atomic E-state index is 11.9. The Bertz CT molecular complexity index is 807. The Hall–Kier alpha value is -3.16. The molecular weight excluding hydrogens is 300 g/mol. The van der Waals surface area contributed by atoms with Gasteiger partial charge >= 0.3 is 0 Å². The van der Waals surface area contributed by atoms with Gasteiger partial charge in [0.05, 0.1) is 0 Å². The first-order valence-corrected chi connectivity index (χ1v) is 6.86. The van der Waals surface area contributed by atoms with Crippen LogP contribution in [-0.4, -0.2) is 21.3 Å². The predicted octanol–water partition coefficient (Wildman–Crippen LogP) is 2.51. The molecule has 0 bridgehead atoms. The smallest absolute Gasteiger partial charge is 0.277 e. The molecule has 2 aromatic heterocycles. The van der Waals surface area contributed by atoms with Crippen LogP contribution in [0.1, 0.15) is 28.0 Å². The number of rotatable bonds is 5. The van der Waals surface area contributed by atoms with Crippen molar-refractivity contribution in [3.05, 3.63) is 53.6 Å². The molecule has 0 atom stereocenters. The summed E-state index contributed by atoms with van der Waals surface area (Å²) >= 11 is 0. The summed E-state index contributed by atoms with van der Waals surface area (Å²) in [6.07, 6.45) is 0. The summed E-state index contributed by atoms with van der Waals surface area (Å²) in [7, 11) is 0. The third kappa shape index (κ3) is 3.73. The molecule has 3 aromatic rings. The number of aryl methyl sites for hydroxylation is 2. The second-order valence-electron chi connectivity index (χ2n) is 4.80. The largest absolute Gasteiger partial charge is 0.484 e. The number of ether oxygens (including phenoxy) is 1. The Balaban J connectivity index is 1.57. The lowest BCUT2D eigenvalue weighted by Gasteiger charge is -2.06. The Morgan fingerprint density at radius 2 is 2.00 bits per heavy atom. The Kier molecular flexibility index (Phi) is 4.05. The molecule has 23 heavy (non-hydrogen) atoms. The number of aromatic nitrogens is 3. The third-order valence-corrected chi connectivity index (χ3v) is 2.90. The fraction of sp³-hybridized carbons (Fsp3) is 0.200. The van der Waals surface area contributed by atoms with Gasteiger partial charge in [0, 0.05) is 18.7 Å². The maximum Gasteiger partial charge on any atom is 0.277 e. The first kappa shape index (κ1) is 14.8. The van der Waals surface area contributed by atoms with Crippen molar-refractivity contribution in [2.75, 3.05) is 5.32 Å². The molecule has 8 heteroatoms. The molecule has 0 radical (unpaired) electrons. The summed E-state index contributed by atoms with van der Waals surface area (Å²) in [6.45, 7) is 3.62. The number of benzene rings is 1. The summed E-state index contributed by atoms with van der Waals surface area (Å²) in [6, 6.07) is 8.47. The van der Waals surface area contributed by atoms with Crippen LogP contribution in [0.15, 0.2) is 39.3 Å². The summed E-state index contributed by atoms with van der Waals surface area (Å²) < 4.78 is 15.6. The lowest BCUT2D eigenvalue weighted by molar-refractivity contribution is 0.101.